The third kappa shape index (κ3) is 4.01. The third-order valence-corrected chi connectivity index (χ3v) is 2.56. The smallest absolute Gasteiger partial charge is 0.242 e. The summed E-state index contributed by atoms with van der Waals surface area (Å²) in [5.41, 5.74) is 1.88. The van der Waals surface area contributed by atoms with Gasteiger partial charge in [0.2, 0.25) is 5.91 Å². The molecule has 1 amide bonds. The van der Waals surface area contributed by atoms with Gasteiger partial charge in [-0.15, -0.1) is 6.42 Å². The number of carbonyl (C=O) groups is 1. The Kier molecular flexibility index (Phi) is 4.86. The van der Waals surface area contributed by atoms with Gasteiger partial charge in [-0.05, 0) is 31.5 Å². The van der Waals surface area contributed by atoms with E-state index in [4.69, 9.17) is 18.0 Å². The Labute approximate surface area is 107 Å². The summed E-state index contributed by atoms with van der Waals surface area (Å²) in [4.78, 5) is 11.6. The summed E-state index contributed by atoms with van der Waals surface area (Å²) in [6, 6.07) is 5.14. The highest BCUT2D eigenvalue weighted by atomic mass is 35.5. The zero-order valence-electron chi connectivity index (χ0n) is 9.88. The molecule has 90 valence electrons. The molecule has 1 aromatic rings. The SMILES string of the molecule is C#CCNC(=O)C(C)Nc1cc(Cl)ccc1C. The molecule has 0 aliphatic heterocycles. The van der Waals surface area contributed by atoms with E-state index in [2.05, 4.69) is 16.6 Å². The van der Waals surface area contributed by atoms with Gasteiger partial charge in [-0.1, -0.05) is 23.6 Å². The Morgan fingerprint density at radius 1 is 1.59 bits per heavy atom. The number of anilines is 1. The summed E-state index contributed by atoms with van der Waals surface area (Å²) < 4.78 is 0. The molecule has 0 aromatic heterocycles. The minimum atomic E-state index is -0.361. The average molecular weight is 251 g/mol. The molecular weight excluding hydrogens is 236 g/mol. The lowest BCUT2D eigenvalue weighted by molar-refractivity contribution is -0.121. The van der Waals surface area contributed by atoms with E-state index in [1.54, 1.807) is 13.0 Å². The van der Waals surface area contributed by atoms with Crippen molar-refractivity contribution in [2.75, 3.05) is 11.9 Å². The fraction of sp³-hybridized carbons (Fsp3) is 0.308. The van der Waals surface area contributed by atoms with Crippen LogP contribution in [0.2, 0.25) is 5.02 Å². The first kappa shape index (κ1) is 13.4. The van der Waals surface area contributed by atoms with Crippen molar-refractivity contribution >= 4 is 23.2 Å². The Morgan fingerprint density at radius 3 is 2.94 bits per heavy atom. The van der Waals surface area contributed by atoms with Gasteiger partial charge in [0.1, 0.15) is 6.04 Å². The van der Waals surface area contributed by atoms with Crippen molar-refractivity contribution in [2.45, 2.75) is 19.9 Å². The molecule has 1 rings (SSSR count). The lowest BCUT2D eigenvalue weighted by atomic mass is 10.2. The molecule has 0 spiro atoms. The van der Waals surface area contributed by atoms with Crippen molar-refractivity contribution < 1.29 is 4.79 Å². The summed E-state index contributed by atoms with van der Waals surface area (Å²) in [5, 5.41) is 6.34. The molecule has 17 heavy (non-hydrogen) atoms. The van der Waals surface area contributed by atoms with Crippen molar-refractivity contribution in [1.82, 2.24) is 5.32 Å². The molecule has 0 bridgehead atoms. The van der Waals surface area contributed by atoms with Crippen LogP contribution in [0.3, 0.4) is 0 Å². The first-order valence-corrected chi connectivity index (χ1v) is 5.66. The van der Waals surface area contributed by atoms with Gasteiger partial charge in [-0.25, -0.2) is 0 Å². The molecular formula is C13H15ClN2O. The van der Waals surface area contributed by atoms with Gasteiger partial charge in [0, 0.05) is 10.7 Å². The van der Waals surface area contributed by atoms with E-state index < -0.39 is 0 Å². The van der Waals surface area contributed by atoms with Crippen LogP contribution in [0.5, 0.6) is 0 Å². The standard InChI is InChI=1S/C13H15ClN2O/c1-4-7-15-13(17)10(3)16-12-8-11(14)6-5-9(12)2/h1,5-6,8,10,16H,7H2,2-3H3,(H,15,17). The Balaban J connectivity index is 2.67. The van der Waals surface area contributed by atoms with Gasteiger partial charge >= 0.3 is 0 Å². The van der Waals surface area contributed by atoms with Crippen molar-refractivity contribution in [3.8, 4) is 12.3 Å². The van der Waals surface area contributed by atoms with E-state index in [1.165, 1.54) is 0 Å². The van der Waals surface area contributed by atoms with E-state index in [9.17, 15) is 4.79 Å². The van der Waals surface area contributed by atoms with E-state index in [-0.39, 0.29) is 18.5 Å². The lowest BCUT2D eigenvalue weighted by Gasteiger charge is -2.16. The van der Waals surface area contributed by atoms with Crippen molar-refractivity contribution in [3.63, 3.8) is 0 Å². The molecule has 1 aromatic carbocycles. The van der Waals surface area contributed by atoms with Crippen molar-refractivity contribution in [1.29, 1.82) is 0 Å². The minimum absolute atomic E-state index is 0.137. The zero-order valence-corrected chi connectivity index (χ0v) is 10.6. The predicted molar refractivity (Wildman–Crippen MR) is 71.1 cm³/mol. The second kappa shape index (κ2) is 6.17. The number of rotatable bonds is 4. The molecule has 0 radical (unpaired) electrons. The van der Waals surface area contributed by atoms with Crippen molar-refractivity contribution in [3.05, 3.63) is 28.8 Å². The first-order valence-electron chi connectivity index (χ1n) is 5.28. The van der Waals surface area contributed by atoms with Gasteiger partial charge in [0.05, 0.1) is 6.54 Å². The highest BCUT2D eigenvalue weighted by Gasteiger charge is 2.12. The lowest BCUT2D eigenvalue weighted by Crippen LogP contribution is -2.37. The normalized spacial score (nSPS) is 11.4. The van der Waals surface area contributed by atoms with Crippen LogP contribution in [0.4, 0.5) is 5.69 Å². The molecule has 0 aliphatic carbocycles. The average Bonchev–Trinajstić information content (AvgIpc) is 2.30. The number of aryl methyl sites for hydroxylation is 1. The van der Waals surface area contributed by atoms with Crippen molar-refractivity contribution in [2.24, 2.45) is 0 Å². The number of terminal acetylenes is 1. The number of hydrogen-bond donors (Lipinski definition) is 2. The molecule has 3 nitrogen and oxygen atoms in total. The monoisotopic (exact) mass is 250 g/mol. The predicted octanol–water partition coefficient (Wildman–Crippen LogP) is 2.20. The van der Waals surface area contributed by atoms with Crippen LogP contribution in [-0.2, 0) is 4.79 Å². The molecule has 4 heteroatoms. The fourth-order valence-electron chi connectivity index (χ4n) is 1.34. The number of amides is 1. The Bertz CT molecular complexity index is 451. The summed E-state index contributed by atoms with van der Waals surface area (Å²) in [6.45, 7) is 3.95. The van der Waals surface area contributed by atoms with Crippen LogP contribution in [0.15, 0.2) is 18.2 Å². The third-order valence-electron chi connectivity index (χ3n) is 2.33. The minimum Gasteiger partial charge on any atom is -0.374 e. The highest BCUT2D eigenvalue weighted by molar-refractivity contribution is 6.30. The van der Waals surface area contributed by atoms with Crippen LogP contribution in [0.1, 0.15) is 12.5 Å². The van der Waals surface area contributed by atoms with Crippen LogP contribution < -0.4 is 10.6 Å². The van der Waals surface area contributed by atoms with Gasteiger partial charge in [0.15, 0.2) is 0 Å². The second-order valence-corrected chi connectivity index (χ2v) is 4.18. The molecule has 0 heterocycles. The number of benzene rings is 1. The largest absolute Gasteiger partial charge is 0.374 e. The first-order chi connectivity index (χ1) is 8.04. The van der Waals surface area contributed by atoms with Gasteiger partial charge in [-0.3, -0.25) is 4.79 Å². The fourth-order valence-corrected chi connectivity index (χ4v) is 1.51. The summed E-state index contributed by atoms with van der Waals surface area (Å²) in [7, 11) is 0. The Morgan fingerprint density at radius 2 is 2.29 bits per heavy atom. The molecule has 1 atom stereocenters. The molecule has 0 saturated heterocycles. The van der Waals surface area contributed by atoms with Crippen LogP contribution in [-0.4, -0.2) is 18.5 Å². The number of halogens is 1. The van der Waals surface area contributed by atoms with Crippen LogP contribution in [0, 0.1) is 19.3 Å². The maximum absolute atomic E-state index is 11.6. The summed E-state index contributed by atoms with van der Waals surface area (Å²) in [6.07, 6.45) is 5.07. The van der Waals surface area contributed by atoms with E-state index >= 15 is 0 Å². The van der Waals surface area contributed by atoms with Crippen LogP contribution >= 0.6 is 11.6 Å². The second-order valence-electron chi connectivity index (χ2n) is 3.75. The highest BCUT2D eigenvalue weighted by Crippen LogP contribution is 2.20. The van der Waals surface area contributed by atoms with E-state index in [0.717, 1.165) is 11.3 Å². The number of hydrogen-bond acceptors (Lipinski definition) is 2. The molecule has 0 saturated carbocycles. The molecule has 2 N–H and O–H groups in total. The van der Waals surface area contributed by atoms with Gasteiger partial charge in [0.25, 0.3) is 0 Å². The van der Waals surface area contributed by atoms with E-state index in [0.29, 0.717) is 5.02 Å². The van der Waals surface area contributed by atoms with E-state index in [1.807, 2.05) is 19.1 Å². The number of carbonyl (C=O) groups excluding carboxylic acids is 1. The quantitative estimate of drug-likeness (QED) is 0.805. The Hall–Kier alpha value is -1.66. The topological polar surface area (TPSA) is 41.1 Å². The number of nitrogens with one attached hydrogen (secondary N) is 2. The maximum atomic E-state index is 11.6. The van der Waals surface area contributed by atoms with Gasteiger partial charge in [-0.2, -0.15) is 0 Å². The molecule has 1 unspecified atom stereocenters. The summed E-state index contributed by atoms with van der Waals surface area (Å²) in [5.74, 6) is 2.22. The van der Waals surface area contributed by atoms with Crippen LogP contribution in [0.25, 0.3) is 0 Å². The molecule has 0 aliphatic rings. The molecule has 0 fully saturated rings. The maximum Gasteiger partial charge on any atom is 0.242 e. The zero-order chi connectivity index (χ0) is 12.8. The summed E-state index contributed by atoms with van der Waals surface area (Å²) >= 11 is 5.90. The van der Waals surface area contributed by atoms with Gasteiger partial charge < -0.3 is 10.6 Å².